The Morgan fingerprint density at radius 2 is 2.11 bits per heavy atom. The maximum absolute atomic E-state index is 13.4. The first-order valence-corrected chi connectivity index (χ1v) is 6.59. The Morgan fingerprint density at radius 1 is 1.47 bits per heavy atom. The van der Waals surface area contributed by atoms with Crippen LogP contribution in [0, 0.1) is 11.7 Å². The molecular formula is C15H22FNO2. The first kappa shape index (κ1) is 15.6. The van der Waals surface area contributed by atoms with E-state index in [0.29, 0.717) is 5.56 Å². The summed E-state index contributed by atoms with van der Waals surface area (Å²) < 4.78 is 13.4. The predicted octanol–water partition coefficient (Wildman–Crippen LogP) is 2.28. The second-order valence-electron chi connectivity index (χ2n) is 5.21. The third kappa shape index (κ3) is 4.63. The lowest BCUT2D eigenvalue weighted by molar-refractivity contribution is -0.122. The zero-order valence-corrected chi connectivity index (χ0v) is 11.7. The van der Waals surface area contributed by atoms with Crippen molar-refractivity contribution in [1.29, 1.82) is 0 Å². The zero-order valence-electron chi connectivity index (χ0n) is 11.7. The van der Waals surface area contributed by atoms with Crippen LogP contribution in [0.25, 0.3) is 0 Å². The van der Waals surface area contributed by atoms with Crippen LogP contribution < -0.4 is 5.32 Å². The molecule has 4 heteroatoms. The molecule has 19 heavy (non-hydrogen) atoms. The lowest BCUT2D eigenvalue weighted by Crippen LogP contribution is -2.45. The molecular weight excluding hydrogens is 245 g/mol. The van der Waals surface area contributed by atoms with Crippen LogP contribution in [0.4, 0.5) is 4.39 Å². The van der Waals surface area contributed by atoms with Crippen LogP contribution in [-0.2, 0) is 11.2 Å². The molecule has 0 saturated heterocycles. The van der Waals surface area contributed by atoms with E-state index in [4.69, 9.17) is 0 Å². The van der Waals surface area contributed by atoms with Gasteiger partial charge in [0.15, 0.2) is 0 Å². The van der Waals surface area contributed by atoms with Crippen LogP contribution in [0.1, 0.15) is 32.8 Å². The summed E-state index contributed by atoms with van der Waals surface area (Å²) in [7, 11) is 0. The summed E-state index contributed by atoms with van der Waals surface area (Å²) in [4.78, 5) is 11.7. The highest BCUT2D eigenvalue weighted by atomic mass is 19.1. The van der Waals surface area contributed by atoms with Crippen LogP contribution in [0.5, 0.6) is 0 Å². The van der Waals surface area contributed by atoms with E-state index in [0.717, 1.165) is 6.42 Å². The first-order chi connectivity index (χ1) is 8.86. The predicted molar refractivity (Wildman–Crippen MR) is 73.2 cm³/mol. The van der Waals surface area contributed by atoms with E-state index < -0.39 is 5.60 Å². The molecule has 0 aliphatic heterocycles. The smallest absolute Gasteiger partial charge is 0.224 e. The van der Waals surface area contributed by atoms with Gasteiger partial charge in [0.05, 0.1) is 12.0 Å². The van der Waals surface area contributed by atoms with Crippen molar-refractivity contribution in [3.8, 4) is 0 Å². The maximum Gasteiger partial charge on any atom is 0.224 e. The van der Waals surface area contributed by atoms with Gasteiger partial charge in [0.25, 0.3) is 0 Å². The van der Waals surface area contributed by atoms with Crippen molar-refractivity contribution in [2.24, 2.45) is 5.92 Å². The summed E-state index contributed by atoms with van der Waals surface area (Å²) in [5, 5.41) is 12.8. The summed E-state index contributed by atoms with van der Waals surface area (Å²) in [6.45, 7) is 5.79. The fraction of sp³-hybridized carbons (Fsp3) is 0.533. The summed E-state index contributed by atoms with van der Waals surface area (Å²) >= 11 is 0. The largest absolute Gasteiger partial charge is 0.388 e. The van der Waals surface area contributed by atoms with E-state index in [1.165, 1.54) is 6.07 Å². The van der Waals surface area contributed by atoms with E-state index >= 15 is 0 Å². The minimum atomic E-state index is -0.945. The first-order valence-electron chi connectivity index (χ1n) is 6.59. The molecule has 0 bridgehead atoms. The SMILES string of the molecule is CCC(C)C(C)(O)CNC(=O)Cc1ccccc1F. The minimum Gasteiger partial charge on any atom is -0.388 e. The van der Waals surface area contributed by atoms with E-state index in [1.807, 2.05) is 13.8 Å². The Kier molecular flexibility index (Phi) is 5.48. The van der Waals surface area contributed by atoms with E-state index in [9.17, 15) is 14.3 Å². The van der Waals surface area contributed by atoms with Gasteiger partial charge in [0, 0.05) is 6.54 Å². The summed E-state index contributed by atoms with van der Waals surface area (Å²) in [5.74, 6) is -0.582. The Labute approximate surface area is 113 Å². The van der Waals surface area contributed by atoms with Gasteiger partial charge in [-0.3, -0.25) is 4.79 Å². The summed E-state index contributed by atoms with van der Waals surface area (Å²) in [5.41, 5.74) is -0.581. The molecule has 0 spiro atoms. The Bertz CT molecular complexity index is 432. The van der Waals surface area contributed by atoms with Gasteiger partial charge in [-0.25, -0.2) is 4.39 Å². The number of aliphatic hydroxyl groups is 1. The van der Waals surface area contributed by atoms with Crippen molar-refractivity contribution in [2.45, 2.75) is 39.2 Å². The van der Waals surface area contributed by atoms with Crippen molar-refractivity contribution in [1.82, 2.24) is 5.32 Å². The highest BCUT2D eigenvalue weighted by Crippen LogP contribution is 2.18. The highest BCUT2D eigenvalue weighted by Gasteiger charge is 2.27. The Balaban J connectivity index is 2.51. The van der Waals surface area contributed by atoms with E-state index in [2.05, 4.69) is 5.32 Å². The second kappa shape index (κ2) is 6.66. The lowest BCUT2D eigenvalue weighted by atomic mass is 9.88. The van der Waals surface area contributed by atoms with Crippen LogP contribution in [0.2, 0.25) is 0 Å². The number of nitrogens with one attached hydrogen (secondary N) is 1. The van der Waals surface area contributed by atoms with Gasteiger partial charge in [-0.15, -0.1) is 0 Å². The molecule has 0 heterocycles. The number of hydrogen-bond acceptors (Lipinski definition) is 2. The van der Waals surface area contributed by atoms with Crippen molar-refractivity contribution in [2.75, 3.05) is 6.54 Å². The summed E-state index contributed by atoms with van der Waals surface area (Å²) in [6.07, 6.45) is 0.819. The average molecular weight is 267 g/mol. The zero-order chi connectivity index (χ0) is 14.5. The summed E-state index contributed by atoms with van der Waals surface area (Å²) in [6, 6.07) is 6.20. The third-order valence-electron chi connectivity index (χ3n) is 3.63. The molecule has 1 amide bonds. The Hall–Kier alpha value is -1.42. The van der Waals surface area contributed by atoms with Crippen molar-refractivity contribution in [3.05, 3.63) is 35.6 Å². The number of hydrogen-bond donors (Lipinski definition) is 2. The molecule has 0 aliphatic rings. The van der Waals surface area contributed by atoms with Crippen LogP contribution >= 0.6 is 0 Å². The molecule has 3 nitrogen and oxygen atoms in total. The second-order valence-corrected chi connectivity index (χ2v) is 5.21. The van der Waals surface area contributed by atoms with Gasteiger partial charge in [0.2, 0.25) is 5.91 Å². The molecule has 0 aliphatic carbocycles. The van der Waals surface area contributed by atoms with E-state index in [1.54, 1.807) is 25.1 Å². The van der Waals surface area contributed by atoms with Crippen LogP contribution in [0.3, 0.4) is 0 Å². The fourth-order valence-corrected chi connectivity index (χ4v) is 1.77. The number of amides is 1. The molecule has 0 radical (unpaired) electrons. The highest BCUT2D eigenvalue weighted by molar-refractivity contribution is 5.78. The Morgan fingerprint density at radius 3 is 2.68 bits per heavy atom. The fourth-order valence-electron chi connectivity index (χ4n) is 1.77. The topological polar surface area (TPSA) is 49.3 Å². The van der Waals surface area contributed by atoms with Gasteiger partial charge >= 0.3 is 0 Å². The monoisotopic (exact) mass is 267 g/mol. The lowest BCUT2D eigenvalue weighted by Gasteiger charge is -2.29. The molecule has 2 atom stereocenters. The number of benzene rings is 1. The van der Waals surface area contributed by atoms with Gasteiger partial charge < -0.3 is 10.4 Å². The number of carbonyl (C=O) groups excluding carboxylic acids is 1. The van der Waals surface area contributed by atoms with Crippen LogP contribution in [0.15, 0.2) is 24.3 Å². The molecule has 1 rings (SSSR count). The van der Waals surface area contributed by atoms with Gasteiger partial charge in [-0.2, -0.15) is 0 Å². The third-order valence-corrected chi connectivity index (χ3v) is 3.63. The molecule has 106 valence electrons. The molecule has 0 aromatic heterocycles. The van der Waals surface area contributed by atoms with E-state index in [-0.39, 0.29) is 30.6 Å². The number of halogens is 1. The minimum absolute atomic E-state index is 0.0107. The normalized spacial score (nSPS) is 15.6. The molecule has 2 N–H and O–H groups in total. The van der Waals surface area contributed by atoms with Gasteiger partial charge in [-0.1, -0.05) is 38.5 Å². The van der Waals surface area contributed by atoms with Crippen molar-refractivity contribution >= 4 is 5.91 Å². The quantitative estimate of drug-likeness (QED) is 0.830. The van der Waals surface area contributed by atoms with Crippen LogP contribution in [-0.4, -0.2) is 23.2 Å². The molecule has 2 unspecified atom stereocenters. The average Bonchev–Trinajstić information content (AvgIpc) is 2.38. The van der Waals surface area contributed by atoms with Crippen molar-refractivity contribution < 1.29 is 14.3 Å². The maximum atomic E-state index is 13.4. The van der Waals surface area contributed by atoms with Crippen molar-refractivity contribution in [3.63, 3.8) is 0 Å². The van der Waals surface area contributed by atoms with Gasteiger partial charge in [0.1, 0.15) is 5.82 Å². The number of carbonyl (C=O) groups is 1. The van der Waals surface area contributed by atoms with Gasteiger partial charge in [-0.05, 0) is 24.5 Å². The number of rotatable bonds is 6. The molecule has 1 aromatic carbocycles. The molecule has 0 fully saturated rings. The standard InChI is InChI=1S/C15H22FNO2/c1-4-11(2)15(3,19)10-17-14(18)9-12-7-5-6-8-13(12)16/h5-8,11,19H,4,9-10H2,1-3H3,(H,17,18). The molecule has 1 aromatic rings. The molecule has 0 saturated carbocycles.